The van der Waals surface area contributed by atoms with Gasteiger partial charge < -0.3 is 25.0 Å². The Balaban J connectivity index is 1.71. The number of carbonyl (C=O) groups excluding carboxylic acids is 1. The predicted molar refractivity (Wildman–Crippen MR) is 141 cm³/mol. The summed E-state index contributed by atoms with van der Waals surface area (Å²) in [6.07, 6.45) is 2.44. The fourth-order valence-corrected chi connectivity index (χ4v) is 5.76. The van der Waals surface area contributed by atoms with Gasteiger partial charge in [-0.25, -0.2) is 9.69 Å². The lowest BCUT2D eigenvalue weighted by Gasteiger charge is -2.48. The first-order chi connectivity index (χ1) is 18.6. The number of rotatable bonds is 8. The molecule has 202 valence electrons. The van der Waals surface area contributed by atoms with Gasteiger partial charge in [0.1, 0.15) is 11.4 Å². The summed E-state index contributed by atoms with van der Waals surface area (Å²) in [5.74, 6) is -0.913. The maximum absolute atomic E-state index is 14.4. The molecule has 0 aromatic heterocycles. The number of Topliss-reactive ketones (excluding diaryl/α,β-unsaturated/α-hetero) is 1. The van der Waals surface area contributed by atoms with Crippen molar-refractivity contribution in [3.8, 4) is 5.75 Å². The van der Waals surface area contributed by atoms with E-state index >= 15 is 0 Å². The first-order valence-electron chi connectivity index (χ1n) is 12.3. The molecule has 0 fully saturated rings. The van der Waals surface area contributed by atoms with E-state index in [0.717, 1.165) is 4.90 Å². The molecule has 2 unspecified atom stereocenters. The van der Waals surface area contributed by atoms with Gasteiger partial charge in [-0.15, -0.1) is 0 Å². The van der Waals surface area contributed by atoms with Crippen LogP contribution in [-0.2, 0) is 4.79 Å². The second-order valence-corrected chi connectivity index (χ2v) is 9.39. The molecule has 2 aromatic carbocycles. The topological polar surface area (TPSA) is 148 Å². The minimum absolute atomic E-state index is 0.135. The van der Waals surface area contributed by atoms with Gasteiger partial charge >= 0.3 is 18.2 Å². The molecule has 0 radical (unpaired) electrons. The largest absolute Gasteiger partial charge is 0.546 e. The van der Waals surface area contributed by atoms with Crippen LogP contribution in [0.15, 0.2) is 67.0 Å². The van der Waals surface area contributed by atoms with Crippen molar-refractivity contribution in [2.45, 2.75) is 31.5 Å². The predicted octanol–water partition coefficient (Wildman–Crippen LogP) is 4.09. The molecule has 0 saturated heterocycles. The Labute approximate surface area is 223 Å². The van der Waals surface area contributed by atoms with E-state index in [4.69, 9.17) is 9.84 Å². The quantitative estimate of drug-likeness (QED) is 0.333. The maximum atomic E-state index is 14.4. The fourth-order valence-electron chi connectivity index (χ4n) is 5.76. The monoisotopic (exact) mass is 535 g/mol. The first kappa shape index (κ1) is 25.8. The third kappa shape index (κ3) is 3.56. The SMILES string of the molecule is CCC1N(C(=O)O)c2ccc3cc2[N+]1(C(=O)O)N3C1(C(=O)c2ccc(OC)cc2)C=CN(CCC(=O)O)C=C1. The van der Waals surface area contributed by atoms with Crippen LogP contribution < -0.4 is 19.2 Å². The molecule has 3 N–H and O–H groups in total. The van der Waals surface area contributed by atoms with E-state index in [-0.39, 0.29) is 36.3 Å². The van der Waals surface area contributed by atoms with Crippen molar-refractivity contribution in [3.63, 3.8) is 0 Å². The average molecular weight is 536 g/mol. The molecule has 0 spiro atoms. The number of fused-ring (bicyclic) bond motifs is 1. The second-order valence-electron chi connectivity index (χ2n) is 9.39. The number of carboxylic acids is 1. The van der Waals surface area contributed by atoms with E-state index in [9.17, 15) is 29.4 Å². The van der Waals surface area contributed by atoms with E-state index in [2.05, 4.69) is 0 Å². The molecule has 12 nitrogen and oxygen atoms in total. The molecule has 12 heteroatoms. The van der Waals surface area contributed by atoms with Crippen molar-refractivity contribution in [1.29, 1.82) is 0 Å². The van der Waals surface area contributed by atoms with Crippen LogP contribution in [0, 0.1) is 0 Å². The normalized spacial score (nSPS) is 21.8. The molecular formula is C27H27N4O8+. The van der Waals surface area contributed by atoms with Crippen molar-refractivity contribution in [2.75, 3.05) is 23.6 Å². The van der Waals surface area contributed by atoms with Gasteiger partial charge in [0.25, 0.3) is 0 Å². The van der Waals surface area contributed by atoms with Crippen molar-refractivity contribution >= 4 is 41.0 Å². The van der Waals surface area contributed by atoms with Crippen LogP contribution in [0.25, 0.3) is 0 Å². The van der Waals surface area contributed by atoms with Gasteiger partial charge in [-0.05, 0) is 48.6 Å². The van der Waals surface area contributed by atoms with Crippen molar-refractivity contribution < 1.29 is 39.2 Å². The second kappa shape index (κ2) is 9.17. The standard InChI is InChI=1S/C27H26N4O8/c1-3-22-29(25(35)36)20-9-6-18-16-21(20)31(22,26(37)38)30(18)27(11-14-28(15-12-27)13-10-23(32)33)24(34)17-4-7-19(39-2)8-5-17/h4-9,11-12,14-16,22H,3,10,13H2,1-2H3,(H2-,32,33,35,36,37,38)/p+1. The Bertz CT molecular complexity index is 1420. The number of anilines is 2. The summed E-state index contributed by atoms with van der Waals surface area (Å²) in [6.45, 7) is 1.83. The minimum atomic E-state index is -1.71. The summed E-state index contributed by atoms with van der Waals surface area (Å²) in [5.41, 5.74) is -0.528. The third-order valence-corrected chi connectivity index (χ3v) is 7.43. The van der Waals surface area contributed by atoms with Gasteiger partial charge in [0.15, 0.2) is 11.2 Å². The number of methoxy groups -OCH3 is 1. The Morgan fingerprint density at radius 1 is 1.00 bits per heavy atom. The summed E-state index contributed by atoms with van der Waals surface area (Å²) in [5, 5.41) is 31.5. The highest BCUT2D eigenvalue weighted by Gasteiger charge is 2.70. The number of nitrogens with zero attached hydrogens (tertiary/aromatic N) is 4. The van der Waals surface area contributed by atoms with Gasteiger partial charge in [0, 0.05) is 37.0 Å². The van der Waals surface area contributed by atoms with E-state index in [1.165, 1.54) is 24.3 Å². The lowest BCUT2D eigenvalue weighted by Crippen LogP contribution is -2.76. The minimum Gasteiger partial charge on any atom is -0.497 e. The van der Waals surface area contributed by atoms with Crippen molar-refractivity contribution in [3.05, 3.63) is 72.6 Å². The van der Waals surface area contributed by atoms with E-state index in [1.54, 1.807) is 66.7 Å². The zero-order chi connectivity index (χ0) is 28.1. The number of amides is 2. The molecule has 2 aromatic rings. The first-order valence-corrected chi connectivity index (χ1v) is 12.3. The summed E-state index contributed by atoms with van der Waals surface area (Å²) in [4.78, 5) is 53.8. The Kier molecular flexibility index (Phi) is 6.06. The molecule has 3 aliphatic rings. The van der Waals surface area contributed by atoms with Crippen molar-refractivity contribution in [2.24, 2.45) is 0 Å². The molecule has 3 aliphatic heterocycles. The van der Waals surface area contributed by atoms with Crippen LogP contribution in [0.4, 0.5) is 26.7 Å². The number of carbonyl (C=O) groups is 4. The molecule has 0 aliphatic carbocycles. The van der Waals surface area contributed by atoms with Crippen molar-refractivity contribution in [1.82, 2.24) is 9.49 Å². The van der Waals surface area contributed by atoms with Crippen LogP contribution in [0.1, 0.15) is 30.1 Å². The zero-order valence-corrected chi connectivity index (χ0v) is 21.2. The van der Waals surface area contributed by atoms with Gasteiger partial charge in [-0.1, -0.05) is 11.5 Å². The molecule has 2 atom stereocenters. The maximum Gasteiger partial charge on any atom is 0.546 e. The van der Waals surface area contributed by atoms with Crippen LogP contribution in [0.3, 0.4) is 0 Å². The number of hydrogen-bond acceptors (Lipinski definition) is 7. The molecular weight excluding hydrogens is 508 g/mol. The van der Waals surface area contributed by atoms with Crippen LogP contribution in [0.2, 0.25) is 0 Å². The van der Waals surface area contributed by atoms with E-state index in [1.807, 2.05) is 0 Å². The molecule has 39 heavy (non-hydrogen) atoms. The smallest absolute Gasteiger partial charge is 0.497 e. The molecule has 2 amide bonds. The van der Waals surface area contributed by atoms with Gasteiger partial charge in [0.2, 0.25) is 11.9 Å². The molecule has 2 bridgehead atoms. The Hall–Kier alpha value is -4.84. The average Bonchev–Trinajstić information content (AvgIpc) is 3.37. The summed E-state index contributed by atoms with van der Waals surface area (Å²) in [7, 11) is 1.50. The third-order valence-electron chi connectivity index (χ3n) is 7.43. The Morgan fingerprint density at radius 2 is 1.67 bits per heavy atom. The number of hydrogen-bond donors (Lipinski definition) is 3. The molecule has 0 saturated carbocycles. The number of quaternary nitrogens is 1. The number of carboxylic acid groups (broad SMARTS) is 3. The van der Waals surface area contributed by atoms with E-state index < -0.39 is 40.2 Å². The summed E-state index contributed by atoms with van der Waals surface area (Å²) in [6, 6.07) is 11.2. The number of aliphatic carboxylic acids is 1. The number of ether oxygens (including phenoxy) is 1. The Morgan fingerprint density at radius 3 is 2.21 bits per heavy atom. The van der Waals surface area contributed by atoms with Crippen LogP contribution >= 0.6 is 0 Å². The zero-order valence-electron chi connectivity index (χ0n) is 21.2. The number of ketones is 1. The van der Waals surface area contributed by atoms with Gasteiger partial charge in [0.05, 0.1) is 19.2 Å². The molecule has 3 heterocycles. The van der Waals surface area contributed by atoms with Crippen LogP contribution in [0.5, 0.6) is 5.75 Å². The fraction of sp³-hybridized carbons (Fsp3) is 0.259. The summed E-state index contributed by atoms with van der Waals surface area (Å²) < 4.78 is 4.28. The van der Waals surface area contributed by atoms with E-state index in [0.29, 0.717) is 11.4 Å². The van der Waals surface area contributed by atoms with Gasteiger partial charge in [-0.2, -0.15) is 9.80 Å². The van der Waals surface area contributed by atoms with Crippen LogP contribution in [-0.4, -0.2) is 69.5 Å². The summed E-state index contributed by atoms with van der Waals surface area (Å²) >= 11 is 0. The highest BCUT2D eigenvalue weighted by atomic mass is 16.5. The lowest BCUT2D eigenvalue weighted by molar-refractivity contribution is -0.137. The lowest BCUT2D eigenvalue weighted by atomic mass is 9.86. The highest BCUT2D eigenvalue weighted by Crippen LogP contribution is 2.57. The molecule has 5 rings (SSSR count). The highest BCUT2D eigenvalue weighted by molar-refractivity contribution is 6.13. The van der Waals surface area contributed by atoms with Gasteiger partial charge in [-0.3, -0.25) is 9.59 Å². The number of benzene rings is 2.